The van der Waals surface area contributed by atoms with E-state index in [0.717, 1.165) is 22.4 Å². The maximum Gasteiger partial charge on any atom is 0.285 e. The first-order chi connectivity index (χ1) is 15.5. The molecule has 0 radical (unpaired) electrons. The molecule has 32 heavy (non-hydrogen) atoms. The predicted octanol–water partition coefficient (Wildman–Crippen LogP) is 5.13. The third-order valence-electron chi connectivity index (χ3n) is 5.43. The van der Waals surface area contributed by atoms with Crippen LogP contribution in [0.15, 0.2) is 59.4 Å². The molecule has 0 saturated carbocycles. The molecule has 0 amide bonds. The van der Waals surface area contributed by atoms with Crippen LogP contribution in [0.25, 0.3) is 11.6 Å². The molecule has 1 unspecified atom stereocenters. The fraction of sp³-hybridized carbons (Fsp3) is 0.174. The second-order valence-electron chi connectivity index (χ2n) is 7.60. The smallest absolute Gasteiger partial charge is 0.285 e. The van der Waals surface area contributed by atoms with E-state index < -0.39 is 5.92 Å². The molecule has 2 aromatic heterocycles. The molecule has 4 aromatic rings. The number of anilines is 1. The number of nitrogens with zero attached hydrogens (tertiary/aromatic N) is 5. The first-order valence-electron chi connectivity index (χ1n) is 9.93. The predicted molar refractivity (Wildman–Crippen MR) is 121 cm³/mol. The number of benzene rings is 2. The van der Waals surface area contributed by atoms with Gasteiger partial charge in [-0.15, -0.1) is 10.2 Å². The van der Waals surface area contributed by atoms with E-state index in [9.17, 15) is 4.79 Å². The molecule has 1 atom stereocenters. The minimum atomic E-state index is -0.435. The fourth-order valence-electron chi connectivity index (χ4n) is 3.88. The molecule has 2 aromatic carbocycles. The van der Waals surface area contributed by atoms with Gasteiger partial charge in [-0.05, 0) is 42.3 Å². The topological polar surface area (TPSA) is 85.0 Å². The molecule has 0 saturated heterocycles. The first kappa shape index (κ1) is 20.6. The summed E-state index contributed by atoms with van der Waals surface area (Å²) in [7, 11) is 0. The molecular formula is C23H17Cl2N5O2. The average Bonchev–Trinajstić information content (AvgIpc) is 3.41. The lowest BCUT2D eigenvalue weighted by Crippen LogP contribution is -2.24. The van der Waals surface area contributed by atoms with E-state index in [1.165, 1.54) is 6.33 Å². The van der Waals surface area contributed by atoms with Gasteiger partial charge in [0.25, 0.3) is 11.8 Å². The number of carbonyl (C=O) groups is 1. The number of aryl methyl sites for hydroxylation is 1. The Morgan fingerprint density at radius 1 is 1.16 bits per heavy atom. The molecule has 9 heteroatoms. The third kappa shape index (κ3) is 3.85. The van der Waals surface area contributed by atoms with Gasteiger partial charge in [0, 0.05) is 35.0 Å². The number of hydrogen-bond donors (Lipinski definition) is 0. The molecule has 1 aliphatic heterocycles. The highest BCUT2D eigenvalue weighted by Crippen LogP contribution is 2.40. The lowest BCUT2D eigenvalue weighted by atomic mass is 9.95. The van der Waals surface area contributed by atoms with Crippen molar-refractivity contribution in [2.75, 3.05) is 11.4 Å². The Kier molecular flexibility index (Phi) is 5.36. The molecule has 5 rings (SSSR count). The molecule has 0 aliphatic carbocycles. The molecule has 1 aliphatic rings. The van der Waals surface area contributed by atoms with Crippen LogP contribution in [0.4, 0.5) is 5.69 Å². The van der Waals surface area contributed by atoms with E-state index >= 15 is 0 Å². The zero-order chi connectivity index (χ0) is 22.2. The minimum Gasteiger partial charge on any atom is -0.412 e. The number of halogens is 2. The van der Waals surface area contributed by atoms with Crippen LogP contribution in [0.5, 0.6) is 0 Å². The van der Waals surface area contributed by atoms with Gasteiger partial charge >= 0.3 is 0 Å². The lowest BCUT2D eigenvalue weighted by molar-refractivity contribution is 0.0931. The van der Waals surface area contributed by atoms with E-state index in [4.69, 9.17) is 27.6 Å². The zero-order valence-electron chi connectivity index (χ0n) is 17.0. The van der Waals surface area contributed by atoms with Gasteiger partial charge in [0.05, 0.1) is 5.92 Å². The third-order valence-corrected chi connectivity index (χ3v) is 6.02. The van der Waals surface area contributed by atoms with Gasteiger partial charge in [0.1, 0.15) is 12.0 Å². The fourth-order valence-corrected chi connectivity index (χ4v) is 4.35. The van der Waals surface area contributed by atoms with Crippen LogP contribution in [0, 0.1) is 6.92 Å². The summed E-state index contributed by atoms with van der Waals surface area (Å²) in [5.41, 5.74) is 4.38. The standard InChI is InChI=1S/C23H17Cl2N5O2/c1-13-2-5-20-16(8-13)17(11-30(20)10-14-3-4-15(24)9-18(14)25)21(31)23-29-28-22(32-23)19-6-7-26-12-27-19/h2-9,12,17H,10-11H2,1H3. The second kappa shape index (κ2) is 8.33. The molecular weight excluding hydrogens is 449 g/mol. The number of fused-ring (bicyclic) bond motifs is 1. The molecule has 160 valence electrons. The Labute approximate surface area is 194 Å². The summed E-state index contributed by atoms with van der Waals surface area (Å²) in [6, 6.07) is 13.2. The van der Waals surface area contributed by atoms with Crippen molar-refractivity contribution in [3.8, 4) is 11.6 Å². The van der Waals surface area contributed by atoms with Crippen LogP contribution in [0.1, 0.15) is 33.3 Å². The van der Waals surface area contributed by atoms with Gasteiger partial charge in [0.2, 0.25) is 5.78 Å². The molecule has 0 fully saturated rings. The van der Waals surface area contributed by atoms with Crippen LogP contribution in [0.2, 0.25) is 10.0 Å². The quantitative estimate of drug-likeness (QED) is 0.377. The maximum atomic E-state index is 13.4. The van der Waals surface area contributed by atoms with Crippen molar-refractivity contribution in [1.29, 1.82) is 0 Å². The maximum absolute atomic E-state index is 13.4. The summed E-state index contributed by atoms with van der Waals surface area (Å²) in [5.74, 6) is -0.519. The lowest BCUT2D eigenvalue weighted by Gasteiger charge is -2.20. The average molecular weight is 466 g/mol. The Morgan fingerprint density at radius 2 is 2.03 bits per heavy atom. The van der Waals surface area contributed by atoms with Gasteiger partial charge in [-0.25, -0.2) is 9.97 Å². The molecule has 0 bridgehead atoms. The molecule has 7 nitrogen and oxygen atoms in total. The van der Waals surface area contributed by atoms with Crippen LogP contribution >= 0.6 is 23.2 Å². The summed E-state index contributed by atoms with van der Waals surface area (Å²) in [6.45, 7) is 3.02. The minimum absolute atomic E-state index is 0.0394. The van der Waals surface area contributed by atoms with Gasteiger partial charge in [0.15, 0.2) is 0 Å². The molecule has 3 heterocycles. The summed E-state index contributed by atoms with van der Waals surface area (Å²) in [4.78, 5) is 23.5. The van der Waals surface area contributed by atoms with Gasteiger partial charge in [-0.2, -0.15) is 0 Å². The van der Waals surface area contributed by atoms with Crippen LogP contribution in [-0.2, 0) is 6.54 Å². The van der Waals surface area contributed by atoms with Crippen molar-refractivity contribution < 1.29 is 9.21 Å². The van der Waals surface area contributed by atoms with Crippen LogP contribution in [0.3, 0.4) is 0 Å². The van der Waals surface area contributed by atoms with Crippen molar-refractivity contribution in [2.45, 2.75) is 19.4 Å². The summed E-state index contributed by atoms with van der Waals surface area (Å²) in [6.07, 6.45) is 2.96. The molecule has 0 spiro atoms. The highest BCUT2D eigenvalue weighted by molar-refractivity contribution is 6.35. The Morgan fingerprint density at radius 3 is 2.81 bits per heavy atom. The van der Waals surface area contributed by atoms with Crippen LogP contribution in [-0.4, -0.2) is 32.5 Å². The van der Waals surface area contributed by atoms with Gasteiger partial charge in [-0.1, -0.05) is 47.0 Å². The van der Waals surface area contributed by atoms with Gasteiger partial charge < -0.3 is 9.32 Å². The molecule has 0 N–H and O–H groups in total. The first-order valence-corrected chi connectivity index (χ1v) is 10.7. The number of ketones is 1. The van der Waals surface area contributed by atoms with Crippen molar-refractivity contribution in [3.05, 3.63) is 87.6 Å². The van der Waals surface area contributed by atoms with Crippen molar-refractivity contribution in [2.24, 2.45) is 0 Å². The summed E-state index contributed by atoms with van der Waals surface area (Å²) < 4.78 is 5.66. The summed E-state index contributed by atoms with van der Waals surface area (Å²) in [5, 5.41) is 9.15. The number of aromatic nitrogens is 4. The van der Waals surface area contributed by atoms with Crippen molar-refractivity contribution >= 4 is 34.7 Å². The van der Waals surface area contributed by atoms with E-state index in [2.05, 4.69) is 25.1 Å². The van der Waals surface area contributed by atoms with Gasteiger partial charge in [-0.3, -0.25) is 4.79 Å². The Hall–Kier alpha value is -3.29. The Balaban J connectivity index is 1.45. The monoisotopic (exact) mass is 465 g/mol. The van der Waals surface area contributed by atoms with E-state index in [0.29, 0.717) is 28.8 Å². The SMILES string of the molecule is Cc1ccc2c(c1)C(C(=O)c1nnc(-c3ccncn3)o1)CN2Cc1ccc(Cl)cc1Cl. The Bertz CT molecular complexity index is 1310. The number of rotatable bonds is 5. The van der Waals surface area contributed by atoms with E-state index in [1.807, 2.05) is 37.3 Å². The number of carbonyl (C=O) groups excluding carboxylic acids is 1. The normalized spacial score (nSPS) is 15.1. The number of hydrogen-bond acceptors (Lipinski definition) is 7. The largest absolute Gasteiger partial charge is 0.412 e. The van der Waals surface area contributed by atoms with Crippen molar-refractivity contribution in [1.82, 2.24) is 20.2 Å². The van der Waals surface area contributed by atoms with E-state index in [1.54, 1.807) is 18.3 Å². The second-order valence-corrected chi connectivity index (χ2v) is 8.45. The highest BCUT2D eigenvalue weighted by Gasteiger charge is 2.37. The highest BCUT2D eigenvalue weighted by atomic mass is 35.5. The van der Waals surface area contributed by atoms with Crippen molar-refractivity contribution in [3.63, 3.8) is 0 Å². The summed E-state index contributed by atoms with van der Waals surface area (Å²) >= 11 is 12.4. The van der Waals surface area contributed by atoms with Crippen LogP contribution < -0.4 is 4.90 Å². The number of Topliss-reactive ketones (excluding diaryl/α,β-unsaturated/α-hetero) is 1. The zero-order valence-corrected chi connectivity index (χ0v) is 18.5. The van der Waals surface area contributed by atoms with E-state index in [-0.39, 0.29) is 17.6 Å².